The molecule has 0 fully saturated rings. The largest absolute Gasteiger partial charge is 0.481 e. The van der Waals surface area contributed by atoms with Crippen molar-refractivity contribution in [2.45, 2.75) is 45.4 Å². The summed E-state index contributed by atoms with van der Waals surface area (Å²) in [6.07, 6.45) is 4.63. The summed E-state index contributed by atoms with van der Waals surface area (Å²) in [7, 11) is 0. The molecule has 0 radical (unpaired) electrons. The van der Waals surface area contributed by atoms with Crippen LogP contribution in [0.25, 0.3) is 0 Å². The fraction of sp³-hybridized carbons (Fsp3) is 0.467. The van der Waals surface area contributed by atoms with Crippen LogP contribution in [-0.4, -0.2) is 17.0 Å². The molecule has 0 bridgehead atoms. The monoisotopic (exact) mass is 263 g/mol. The minimum Gasteiger partial charge on any atom is -0.481 e. The number of rotatable bonds is 8. The number of hydrogen-bond donors (Lipinski definition) is 2. The van der Waals surface area contributed by atoms with E-state index >= 15 is 0 Å². The smallest absolute Gasteiger partial charge is 0.307 e. The highest BCUT2D eigenvalue weighted by Gasteiger charge is 2.08. The van der Waals surface area contributed by atoms with Crippen LogP contribution in [0.2, 0.25) is 0 Å². The van der Waals surface area contributed by atoms with E-state index in [-0.39, 0.29) is 12.3 Å². The Bertz CT molecular complexity index is 429. The zero-order chi connectivity index (χ0) is 14.1. The maximum Gasteiger partial charge on any atom is 0.307 e. The number of nitrogens with one attached hydrogen (secondary N) is 1. The number of para-hydroxylation sites is 1. The summed E-state index contributed by atoms with van der Waals surface area (Å²) in [5, 5.41) is 11.6. The van der Waals surface area contributed by atoms with Crippen molar-refractivity contribution >= 4 is 17.6 Å². The van der Waals surface area contributed by atoms with Gasteiger partial charge in [-0.05, 0) is 18.1 Å². The lowest BCUT2D eigenvalue weighted by atomic mass is 10.1. The predicted molar refractivity (Wildman–Crippen MR) is 75.2 cm³/mol. The van der Waals surface area contributed by atoms with E-state index in [9.17, 15) is 9.59 Å². The molecule has 0 atom stereocenters. The topological polar surface area (TPSA) is 66.4 Å². The Morgan fingerprint density at radius 3 is 2.58 bits per heavy atom. The quantitative estimate of drug-likeness (QED) is 0.708. The molecule has 0 spiro atoms. The summed E-state index contributed by atoms with van der Waals surface area (Å²) in [6, 6.07) is 7.02. The van der Waals surface area contributed by atoms with Gasteiger partial charge in [0.2, 0.25) is 5.91 Å². The third-order valence-corrected chi connectivity index (χ3v) is 2.89. The zero-order valence-electron chi connectivity index (χ0n) is 11.3. The Labute approximate surface area is 113 Å². The Balaban J connectivity index is 2.51. The second-order valence-electron chi connectivity index (χ2n) is 4.59. The molecule has 0 aliphatic carbocycles. The number of unbranched alkanes of at least 4 members (excludes halogenated alkanes) is 3. The SMILES string of the molecule is CCCCCCC(=O)Nc1ccccc1CC(=O)O. The lowest BCUT2D eigenvalue weighted by Crippen LogP contribution is -2.13. The number of carboxylic acids is 1. The molecule has 2 N–H and O–H groups in total. The van der Waals surface area contributed by atoms with Crippen LogP contribution in [0.5, 0.6) is 0 Å². The van der Waals surface area contributed by atoms with E-state index in [1.54, 1.807) is 24.3 Å². The fourth-order valence-corrected chi connectivity index (χ4v) is 1.88. The number of carbonyl (C=O) groups excluding carboxylic acids is 1. The lowest BCUT2D eigenvalue weighted by Gasteiger charge is -2.09. The Morgan fingerprint density at radius 1 is 1.16 bits per heavy atom. The van der Waals surface area contributed by atoms with Crippen molar-refractivity contribution in [1.82, 2.24) is 0 Å². The number of anilines is 1. The van der Waals surface area contributed by atoms with Gasteiger partial charge in [-0.2, -0.15) is 0 Å². The number of hydrogen-bond acceptors (Lipinski definition) is 2. The second-order valence-corrected chi connectivity index (χ2v) is 4.59. The molecule has 4 heteroatoms. The van der Waals surface area contributed by atoms with Crippen LogP contribution >= 0.6 is 0 Å². The zero-order valence-corrected chi connectivity index (χ0v) is 11.3. The molecule has 0 saturated heterocycles. The fourth-order valence-electron chi connectivity index (χ4n) is 1.88. The van der Waals surface area contributed by atoms with Crippen LogP contribution in [0.1, 0.15) is 44.6 Å². The second kappa shape index (κ2) is 8.29. The van der Waals surface area contributed by atoms with Crippen molar-refractivity contribution in [3.05, 3.63) is 29.8 Å². The van der Waals surface area contributed by atoms with Crippen LogP contribution in [0.3, 0.4) is 0 Å². The van der Waals surface area contributed by atoms with Gasteiger partial charge in [0, 0.05) is 12.1 Å². The average molecular weight is 263 g/mol. The summed E-state index contributed by atoms with van der Waals surface area (Å²) in [5.74, 6) is -0.946. The van der Waals surface area contributed by atoms with E-state index in [2.05, 4.69) is 12.2 Å². The molecule has 104 valence electrons. The van der Waals surface area contributed by atoms with Crippen molar-refractivity contribution in [2.75, 3.05) is 5.32 Å². The van der Waals surface area contributed by atoms with Gasteiger partial charge in [-0.15, -0.1) is 0 Å². The third kappa shape index (κ3) is 6.04. The maximum atomic E-state index is 11.8. The molecule has 19 heavy (non-hydrogen) atoms. The molecule has 1 rings (SSSR count). The van der Waals surface area contributed by atoms with Crippen molar-refractivity contribution in [3.8, 4) is 0 Å². The molecule has 1 aromatic carbocycles. The Kier molecular flexibility index (Phi) is 6.64. The molecule has 0 unspecified atom stereocenters. The first-order valence-electron chi connectivity index (χ1n) is 6.73. The van der Waals surface area contributed by atoms with E-state index in [4.69, 9.17) is 5.11 Å². The molecule has 0 aliphatic heterocycles. The molecular weight excluding hydrogens is 242 g/mol. The Hall–Kier alpha value is -1.84. The number of amides is 1. The van der Waals surface area contributed by atoms with E-state index in [1.807, 2.05) is 0 Å². The number of aliphatic carboxylic acids is 1. The highest BCUT2D eigenvalue weighted by Crippen LogP contribution is 2.16. The molecule has 1 aromatic rings. The van der Waals surface area contributed by atoms with Crippen LogP contribution in [0, 0.1) is 0 Å². The van der Waals surface area contributed by atoms with E-state index in [0.717, 1.165) is 25.7 Å². The van der Waals surface area contributed by atoms with Gasteiger partial charge in [0.15, 0.2) is 0 Å². The van der Waals surface area contributed by atoms with Crippen LogP contribution in [0.4, 0.5) is 5.69 Å². The standard InChI is InChI=1S/C15H21NO3/c1-2-3-4-5-10-14(17)16-13-9-7-6-8-12(13)11-15(18)19/h6-9H,2-5,10-11H2,1H3,(H,16,17)(H,18,19). The van der Waals surface area contributed by atoms with E-state index < -0.39 is 5.97 Å². The van der Waals surface area contributed by atoms with Gasteiger partial charge < -0.3 is 10.4 Å². The van der Waals surface area contributed by atoms with Gasteiger partial charge in [0.1, 0.15) is 0 Å². The van der Waals surface area contributed by atoms with Gasteiger partial charge in [0.05, 0.1) is 6.42 Å². The molecular formula is C15H21NO3. The molecule has 0 saturated carbocycles. The van der Waals surface area contributed by atoms with E-state index in [0.29, 0.717) is 17.7 Å². The summed E-state index contributed by atoms with van der Waals surface area (Å²) in [6.45, 7) is 2.13. The molecule has 0 aliphatic rings. The van der Waals surface area contributed by atoms with Gasteiger partial charge in [-0.3, -0.25) is 9.59 Å². The minimum absolute atomic E-state index is 0.0473. The van der Waals surface area contributed by atoms with Crippen molar-refractivity contribution in [3.63, 3.8) is 0 Å². The van der Waals surface area contributed by atoms with Crippen molar-refractivity contribution < 1.29 is 14.7 Å². The highest BCUT2D eigenvalue weighted by molar-refractivity contribution is 5.92. The van der Waals surface area contributed by atoms with Crippen molar-refractivity contribution in [1.29, 1.82) is 0 Å². The normalized spacial score (nSPS) is 10.2. The summed E-state index contributed by atoms with van der Waals surface area (Å²) >= 11 is 0. The van der Waals surface area contributed by atoms with Crippen LogP contribution in [0.15, 0.2) is 24.3 Å². The molecule has 4 nitrogen and oxygen atoms in total. The number of carbonyl (C=O) groups is 2. The van der Waals surface area contributed by atoms with Crippen LogP contribution < -0.4 is 5.32 Å². The molecule has 1 amide bonds. The maximum absolute atomic E-state index is 11.8. The van der Waals surface area contributed by atoms with E-state index in [1.165, 1.54) is 0 Å². The van der Waals surface area contributed by atoms with Crippen molar-refractivity contribution in [2.24, 2.45) is 0 Å². The van der Waals surface area contributed by atoms with Gasteiger partial charge in [-0.25, -0.2) is 0 Å². The minimum atomic E-state index is -0.898. The predicted octanol–water partition coefficient (Wildman–Crippen LogP) is 3.22. The first-order chi connectivity index (χ1) is 9.13. The van der Waals surface area contributed by atoms with Gasteiger partial charge in [0.25, 0.3) is 0 Å². The van der Waals surface area contributed by atoms with Crippen LogP contribution in [-0.2, 0) is 16.0 Å². The third-order valence-electron chi connectivity index (χ3n) is 2.89. The summed E-state index contributed by atoms with van der Waals surface area (Å²) < 4.78 is 0. The first-order valence-corrected chi connectivity index (χ1v) is 6.73. The molecule has 0 heterocycles. The summed E-state index contributed by atoms with van der Waals surface area (Å²) in [5.41, 5.74) is 1.24. The average Bonchev–Trinajstić information content (AvgIpc) is 2.36. The van der Waals surface area contributed by atoms with Gasteiger partial charge in [-0.1, -0.05) is 44.4 Å². The number of benzene rings is 1. The lowest BCUT2D eigenvalue weighted by molar-refractivity contribution is -0.136. The Morgan fingerprint density at radius 2 is 1.89 bits per heavy atom. The highest BCUT2D eigenvalue weighted by atomic mass is 16.4. The molecule has 0 aromatic heterocycles. The summed E-state index contributed by atoms with van der Waals surface area (Å²) in [4.78, 5) is 22.5. The first kappa shape index (κ1) is 15.2. The number of carboxylic acid groups (broad SMARTS) is 1. The van der Waals surface area contributed by atoms with Gasteiger partial charge >= 0.3 is 5.97 Å².